The van der Waals surface area contributed by atoms with Gasteiger partial charge in [-0.3, -0.25) is 4.79 Å². The summed E-state index contributed by atoms with van der Waals surface area (Å²) >= 11 is 0. The van der Waals surface area contributed by atoms with E-state index in [4.69, 9.17) is 4.74 Å². The van der Waals surface area contributed by atoms with Crippen molar-refractivity contribution < 1.29 is 14.1 Å². The van der Waals surface area contributed by atoms with Gasteiger partial charge in [-0.15, -0.1) is 0 Å². The zero-order valence-corrected chi connectivity index (χ0v) is 9.87. The first-order chi connectivity index (χ1) is 6.97. The van der Waals surface area contributed by atoms with Gasteiger partial charge < -0.3 is 9.30 Å². The van der Waals surface area contributed by atoms with Crippen molar-refractivity contribution in [3.63, 3.8) is 0 Å². The summed E-state index contributed by atoms with van der Waals surface area (Å²) in [5.41, 5.74) is 0.938. The fourth-order valence-electron chi connectivity index (χ4n) is 1.09. The number of benzene rings is 1. The second-order valence-electron chi connectivity index (χ2n) is 3.88. The number of esters is 1. The summed E-state index contributed by atoms with van der Waals surface area (Å²) in [6.45, 7) is 3.41. The summed E-state index contributed by atoms with van der Waals surface area (Å²) in [4.78, 5) is 11.2. The first-order valence-electron chi connectivity index (χ1n) is 4.71. The zero-order valence-electron chi connectivity index (χ0n) is 8.97. The molecule has 1 aromatic carbocycles. The highest BCUT2D eigenvalue weighted by molar-refractivity contribution is 7.63. The molecule has 0 spiro atoms. The van der Waals surface area contributed by atoms with Crippen molar-refractivity contribution in [3.8, 4) is 0 Å². The summed E-state index contributed by atoms with van der Waals surface area (Å²) in [6, 6.07) is 9.43. The van der Waals surface area contributed by atoms with E-state index in [9.17, 15) is 9.36 Å². The second kappa shape index (κ2) is 5.13. The van der Waals surface area contributed by atoms with Crippen LogP contribution >= 0.6 is 7.14 Å². The van der Waals surface area contributed by atoms with Gasteiger partial charge in [0.25, 0.3) is 0 Å². The molecule has 4 heteroatoms. The molecule has 0 heterocycles. The zero-order chi connectivity index (χ0) is 11.3. The van der Waals surface area contributed by atoms with Crippen molar-refractivity contribution in [2.45, 2.75) is 6.61 Å². The van der Waals surface area contributed by atoms with E-state index in [0.29, 0.717) is 0 Å². The van der Waals surface area contributed by atoms with Gasteiger partial charge in [0, 0.05) is 0 Å². The van der Waals surface area contributed by atoms with Crippen LogP contribution < -0.4 is 0 Å². The monoisotopic (exact) mass is 226 g/mol. The SMILES string of the molecule is CP(C)(=O)CC(=O)OCc1ccccc1. The first kappa shape index (κ1) is 12.0. The maximum atomic E-state index is 11.3. The third-order valence-corrected chi connectivity index (χ3v) is 2.77. The highest BCUT2D eigenvalue weighted by Gasteiger charge is 2.14. The van der Waals surface area contributed by atoms with E-state index in [2.05, 4.69) is 0 Å². The van der Waals surface area contributed by atoms with Gasteiger partial charge in [-0.1, -0.05) is 30.3 Å². The van der Waals surface area contributed by atoms with Crippen LogP contribution in [0.4, 0.5) is 0 Å². The molecule has 0 unspecified atom stereocenters. The van der Waals surface area contributed by atoms with Gasteiger partial charge in [-0.05, 0) is 18.9 Å². The topological polar surface area (TPSA) is 43.4 Å². The van der Waals surface area contributed by atoms with Crippen molar-refractivity contribution in [2.75, 3.05) is 19.5 Å². The Kier molecular flexibility index (Phi) is 4.10. The summed E-state index contributed by atoms with van der Waals surface area (Å²) in [7, 11) is -2.32. The number of hydrogen-bond acceptors (Lipinski definition) is 3. The van der Waals surface area contributed by atoms with Crippen LogP contribution in [0.3, 0.4) is 0 Å². The van der Waals surface area contributed by atoms with Crippen LogP contribution in [-0.2, 0) is 20.7 Å². The summed E-state index contributed by atoms with van der Waals surface area (Å²) < 4.78 is 16.3. The Morgan fingerprint density at radius 2 is 1.87 bits per heavy atom. The van der Waals surface area contributed by atoms with E-state index in [1.807, 2.05) is 30.3 Å². The molecule has 0 saturated heterocycles. The summed E-state index contributed by atoms with van der Waals surface area (Å²) in [5.74, 6) is -0.396. The Morgan fingerprint density at radius 3 is 2.40 bits per heavy atom. The Hall–Kier alpha value is -1.08. The lowest BCUT2D eigenvalue weighted by Crippen LogP contribution is -2.09. The minimum absolute atomic E-state index is 0.0137. The number of carbonyl (C=O) groups is 1. The summed E-state index contributed by atoms with van der Waals surface area (Å²) in [6.07, 6.45) is 0.0137. The fourth-order valence-corrected chi connectivity index (χ4v) is 1.81. The molecular formula is C11H15O3P. The predicted octanol–water partition coefficient (Wildman–Crippen LogP) is 2.35. The highest BCUT2D eigenvalue weighted by atomic mass is 31.2. The van der Waals surface area contributed by atoms with Gasteiger partial charge in [-0.25, -0.2) is 0 Å². The lowest BCUT2D eigenvalue weighted by Gasteiger charge is -2.07. The van der Waals surface area contributed by atoms with Crippen molar-refractivity contribution in [1.82, 2.24) is 0 Å². The maximum absolute atomic E-state index is 11.3. The molecule has 15 heavy (non-hydrogen) atoms. The van der Waals surface area contributed by atoms with Crippen LogP contribution in [-0.4, -0.2) is 25.5 Å². The van der Waals surface area contributed by atoms with E-state index in [-0.39, 0.29) is 12.8 Å². The van der Waals surface area contributed by atoms with Crippen LogP contribution in [0.15, 0.2) is 30.3 Å². The van der Waals surface area contributed by atoms with Crippen molar-refractivity contribution in [2.24, 2.45) is 0 Å². The van der Waals surface area contributed by atoms with Crippen LogP contribution in [0.2, 0.25) is 0 Å². The molecule has 1 rings (SSSR count). The lowest BCUT2D eigenvalue weighted by molar-refractivity contribution is -0.141. The van der Waals surface area contributed by atoms with Gasteiger partial charge in [0.1, 0.15) is 6.61 Å². The van der Waals surface area contributed by atoms with Crippen molar-refractivity contribution >= 4 is 13.1 Å². The molecule has 0 aromatic heterocycles. The highest BCUT2D eigenvalue weighted by Crippen LogP contribution is 2.35. The normalized spacial score (nSPS) is 11.1. The van der Waals surface area contributed by atoms with Crippen LogP contribution in [0.5, 0.6) is 0 Å². The van der Waals surface area contributed by atoms with E-state index >= 15 is 0 Å². The predicted molar refractivity (Wildman–Crippen MR) is 60.6 cm³/mol. The smallest absolute Gasteiger partial charge is 0.313 e. The molecule has 0 atom stereocenters. The average Bonchev–Trinajstić information content (AvgIpc) is 2.14. The molecule has 82 valence electrons. The average molecular weight is 226 g/mol. The standard InChI is InChI=1S/C11H15O3P/c1-15(2,13)9-11(12)14-8-10-6-4-3-5-7-10/h3-7H,8-9H2,1-2H3. The molecule has 0 amide bonds. The van der Waals surface area contributed by atoms with E-state index in [1.165, 1.54) is 0 Å². The van der Waals surface area contributed by atoms with Gasteiger partial charge in [0.2, 0.25) is 0 Å². The molecule has 0 aliphatic carbocycles. The van der Waals surface area contributed by atoms with Crippen LogP contribution in [0, 0.1) is 0 Å². The Bertz CT molecular complexity index is 367. The van der Waals surface area contributed by atoms with Gasteiger partial charge in [-0.2, -0.15) is 0 Å². The fraction of sp³-hybridized carbons (Fsp3) is 0.364. The minimum Gasteiger partial charge on any atom is -0.460 e. The van der Waals surface area contributed by atoms with E-state index in [0.717, 1.165) is 5.56 Å². The lowest BCUT2D eigenvalue weighted by atomic mass is 10.2. The Labute approximate surface area is 89.8 Å². The Morgan fingerprint density at radius 1 is 1.27 bits per heavy atom. The third-order valence-electron chi connectivity index (χ3n) is 1.75. The third kappa shape index (κ3) is 5.38. The molecule has 3 nitrogen and oxygen atoms in total. The molecule has 0 saturated carbocycles. The van der Waals surface area contributed by atoms with Gasteiger partial charge in [0.05, 0.1) is 13.3 Å². The molecule has 0 radical (unpaired) electrons. The molecule has 0 bridgehead atoms. The van der Waals surface area contributed by atoms with Crippen LogP contribution in [0.25, 0.3) is 0 Å². The van der Waals surface area contributed by atoms with E-state index < -0.39 is 13.1 Å². The Balaban J connectivity index is 2.39. The number of rotatable bonds is 4. The van der Waals surface area contributed by atoms with Crippen molar-refractivity contribution in [1.29, 1.82) is 0 Å². The summed E-state index contributed by atoms with van der Waals surface area (Å²) in [5, 5.41) is 0. The minimum atomic E-state index is -2.32. The quantitative estimate of drug-likeness (QED) is 0.584. The number of hydrogen-bond donors (Lipinski definition) is 0. The van der Waals surface area contributed by atoms with Crippen LogP contribution in [0.1, 0.15) is 5.56 Å². The van der Waals surface area contributed by atoms with Crippen molar-refractivity contribution in [3.05, 3.63) is 35.9 Å². The molecular weight excluding hydrogens is 211 g/mol. The maximum Gasteiger partial charge on any atom is 0.313 e. The number of ether oxygens (including phenoxy) is 1. The first-order valence-corrected chi connectivity index (χ1v) is 7.49. The van der Waals surface area contributed by atoms with E-state index in [1.54, 1.807) is 13.3 Å². The van der Waals surface area contributed by atoms with Gasteiger partial charge >= 0.3 is 5.97 Å². The molecule has 0 aliphatic heterocycles. The molecule has 0 aliphatic rings. The molecule has 1 aromatic rings. The van der Waals surface area contributed by atoms with Gasteiger partial charge in [0.15, 0.2) is 0 Å². The number of carbonyl (C=O) groups excluding carboxylic acids is 1. The molecule has 0 fully saturated rings. The largest absolute Gasteiger partial charge is 0.460 e. The second-order valence-corrected chi connectivity index (χ2v) is 7.34. The molecule has 0 N–H and O–H groups in total.